The van der Waals surface area contributed by atoms with Gasteiger partial charge in [-0.05, 0) is 93.8 Å². The van der Waals surface area contributed by atoms with Crippen molar-refractivity contribution in [1.29, 1.82) is 5.26 Å². The number of hydrogen-bond donors (Lipinski definition) is 4. The van der Waals surface area contributed by atoms with Gasteiger partial charge in [0.05, 0.1) is 12.6 Å². The van der Waals surface area contributed by atoms with E-state index in [0.29, 0.717) is 0 Å². The summed E-state index contributed by atoms with van der Waals surface area (Å²) in [5.41, 5.74) is 0. The maximum absolute atomic E-state index is 15.3. The number of ether oxygens (including phenoxy) is 1. The SMILES string of the molecule is CC[C@@H]1NC(=O)C([C@H](OC(C)=O)[C@H](C)CCC#N)N(C)C(=O)[C@H](C(C)C)N(C)C(=O)[C@H](CC(C)C)N(C)C(=O)[C@H](CC(C)C)N(C)C(=O)[C@@H](C)NC(=O)[C@H](C)NC(=O)[C@H](CC(C)C)N(C)C(=O)[C@H](C(C)C)NC(=O)[C@H](CC(C)C)N(C)C(=O)CN(C)C1=O. The highest BCUT2D eigenvalue weighted by Crippen LogP contribution is 2.27. The van der Waals surface area contributed by atoms with Crippen LogP contribution in [0.4, 0.5) is 0 Å². The number of carbonyl (C=O) groups excluding carboxylic acids is 12. The van der Waals surface area contributed by atoms with Gasteiger partial charge in [-0.2, -0.15) is 5.26 Å². The van der Waals surface area contributed by atoms with Crippen LogP contribution in [-0.2, 0) is 62.3 Å². The number of nitrogens with zero attached hydrogens (tertiary/aromatic N) is 8. The highest BCUT2D eigenvalue weighted by atomic mass is 16.5. The molecule has 0 aromatic carbocycles. The molecule has 0 bridgehead atoms. The third kappa shape index (κ3) is 22.3. The molecular weight excluding hydrogens is 1130 g/mol. The number of likely N-dealkylation sites (N-methyl/N-ethyl adjacent to an activating group) is 7. The molecule has 88 heavy (non-hydrogen) atoms. The lowest BCUT2D eigenvalue weighted by atomic mass is 9.90. The summed E-state index contributed by atoms with van der Waals surface area (Å²) in [4.78, 5) is 182. The van der Waals surface area contributed by atoms with Crippen molar-refractivity contribution in [2.75, 3.05) is 55.9 Å². The first-order valence-corrected chi connectivity index (χ1v) is 31.2. The minimum atomic E-state index is -1.68. The van der Waals surface area contributed by atoms with Gasteiger partial charge in [0.25, 0.3) is 0 Å². The van der Waals surface area contributed by atoms with E-state index in [2.05, 4.69) is 27.3 Å². The van der Waals surface area contributed by atoms with Crippen LogP contribution in [0.1, 0.15) is 163 Å². The van der Waals surface area contributed by atoms with Crippen molar-refractivity contribution in [2.24, 2.45) is 41.4 Å². The molecule has 1 heterocycles. The molecule has 4 N–H and O–H groups in total. The Balaban J connectivity index is 4.43. The van der Waals surface area contributed by atoms with Crippen molar-refractivity contribution >= 4 is 70.9 Å². The number of nitrogens with one attached hydrogen (secondary N) is 4. The van der Waals surface area contributed by atoms with E-state index in [9.17, 15) is 43.6 Å². The highest BCUT2D eigenvalue weighted by Gasteiger charge is 2.47. The smallest absolute Gasteiger partial charge is 0.303 e. The second kappa shape index (κ2) is 36.0. The van der Waals surface area contributed by atoms with E-state index < -0.39 is 162 Å². The summed E-state index contributed by atoms with van der Waals surface area (Å²) in [7, 11) is 9.74. The summed E-state index contributed by atoms with van der Waals surface area (Å²) in [6.07, 6.45) is -0.838. The van der Waals surface area contributed by atoms with Gasteiger partial charge in [0.1, 0.15) is 66.5 Å². The van der Waals surface area contributed by atoms with E-state index in [1.54, 1.807) is 41.5 Å². The predicted molar refractivity (Wildman–Crippen MR) is 333 cm³/mol. The van der Waals surface area contributed by atoms with E-state index in [0.717, 1.165) is 16.7 Å². The molecule has 500 valence electrons. The van der Waals surface area contributed by atoms with E-state index in [4.69, 9.17) is 4.74 Å². The number of esters is 1. The molecular formula is C63H110N12O13. The normalized spacial score (nSPS) is 26.1. The monoisotopic (exact) mass is 1240 g/mol. The van der Waals surface area contributed by atoms with Gasteiger partial charge in [0.15, 0.2) is 0 Å². The first kappa shape index (κ1) is 79.1. The summed E-state index contributed by atoms with van der Waals surface area (Å²) in [6.45, 7) is 28.3. The fraction of sp³-hybridized carbons (Fsp3) is 0.794. The van der Waals surface area contributed by atoms with Crippen LogP contribution in [0.15, 0.2) is 0 Å². The molecule has 1 saturated heterocycles. The van der Waals surface area contributed by atoms with E-state index >= 15 is 19.2 Å². The fourth-order valence-corrected chi connectivity index (χ4v) is 11.0. The standard InChI is InChI=1S/C63H110N12O13/c1-25-44-59(83)69(18)33-49(77)70(19)45(29-34(2)3)56(80)68-50(38(10)11)62(86)71(20)46(30-35(4)5)55(79)65-41(15)54(78)66-42(16)58(82)72(21)47(31-36(6)7)60(84)73(22)48(32-37(8)9)61(85)74(23)51(39(12)13)63(87)75(24)52(57(81)67-44)53(88-43(17)76)40(14)27-26-28-64/h34-42,44-48,50-53H,25-27,29-33H2,1-24H3,(H,65,79)(H,66,78)(H,67,81)(H,68,80)/t40-,41+,42-,44+,45+,46+,47+,48+,50+,51+,52?,53-/m1/s1. The average molecular weight is 1240 g/mol. The molecule has 0 saturated carbocycles. The summed E-state index contributed by atoms with van der Waals surface area (Å²) in [5, 5.41) is 20.6. The van der Waals surface area contributed by atoms with Gasteiger partial charge in [-0.3, -0.25) is 57.5 Å². The molecule has 25 heteroatoms. The van der Waals surface area contributed by atoms with Crippen LogP contribution >= 0.6 is 0 Å². The first-order chi connectivity index (χ1) is 40.6. The van der Waals surface area contributed by atoms with Crippen LogP contribution in [0, 0.1) is 52.8 Å². The average Bonchev–Trinajstić information content (AvgIpc) is 1.25. The molecule has 0 aromatic heterocycles. The number of hydrogen-bond acceptors (Lipinski definition) is 14. The van der Waals surface area contributed by atoms with Gasteiger partial charge in [0, 0.05) is 62.7 Å². The van der Waals surface area contributed by atoms with Crippen LogP contribution in [-0.4, -0.2) is 228 Å². The number of rotatable bonds is 16. The minimum absolute atomic E-state index is 0.0212. The lowest BCUT2D eigenvalue weighted by molar-refractivity contribution is -0.164. The second-order valence-electron chi connectivity index (χ2n) is 26.6. The number of amides is 11. The van der Waals surface area contributed by atoms with E-state index in [1.807, 2.05) is 55.4 Å². The molecule has 1 fully saturated rings. The van der Waals surface area contributed by atoms with Gasteiger partial charge in [-0.15, -0.1) is 0 Å². The zero-order valence-corrected chi connectivity index (χ0v) is 57.4. The maximum atomic E-state index is 15.3. The fourth-order valence-electron chi connectivity index (χ4n) is 11.0. The van der Waals surface area contributed by atoms with Gasteiger partial charge in [-0.1, -0.05) is 96.9 Å². The molecule has 11 amide bonds. The molecule has 25 nitrogen and oxygen atoms in total. The molecule has 12 atom stereocenters. The van der Waals surface area contributed by atoms with Crippen LogP contribution in [0.2, 0.25) is 0 Å². The Morgan fingerprint density at radius 2 is 0.920 bits per heavy atom. The van der Waals surface area contributed by atoms with Crippen molar-refractivity contribution in [3.05, 3.63) is 0 Å². The molecule has 1 unspecified atom stereocenters. The Labute approximate surface area is 524 Å². The topological polar surface area (TPSA) is 309 Å². The number of carbonyl (C=O) groups is 12. The third-order valence-corrected chi connectivity index (χ3v) is 16.3. The van der Waals surface area contributed by atoms with Crippen LogP contribution in [0.5, 0.6) is 0 Å². The van der Waals surface area contributed by atoms with Crippen LogP contribution < -0.4 is 21.3 Å². The zero-order chi connectivity index (χ0) is 68.3. The Morgan fingerprint density at radius 1 is 0.500 bits per heavy atom. The van der Waals surface area contributed by atoms with Crippen molar-refractivity contribution < 1.29 is 62.3 Å². The van der Waals surface area contributed by atoms with Gasteiger partial charge >= 0.3 is 5.97 Å². The third-order valence-electron chi connectivity index (χ3n) is 16.3. The molecule has 0 spiro atoms. The summed E-state index contributed by atoms with van der Waals surface area (Å²) in [6, 6.07) is -10.7. The van der Waals surface area contributed by atoms with E-state index in [-0.39, 0.29) is 68.6 Å². The predicted octanol–water partition coefficient (Wildman–Crippen LogP) is 3.18. The van der Waals surface area contributed by atoms with Crippen LogP contribution in [0.3, 0.4) is 0 Å². The Kier molecular flexibility index (Phi) is 32.3. The molecule has 0 aromatic rings. The summed E-state index contributed by atoms with van der Waals surface area (Å²) < 4.78 is 5.85. The first-order valence-electron chi connectivity index (χ1n) is 31.2. The van der Waals surface area contributed by atoms with Crippen molar-refractivity contribution in [3.63, 3.8) is 0 Å². The number of nitriles is 1. The van der Waals surface area contributed by atoms with Gasteiger partial charge in [0.2, 0.25) is 65.0 Å². The minimum Gasteiger partial charge on any atom is -0.459 e. The van der Waals surface area contributed by atoms with Gasteiger partial charge in [-0.25, -0.2) is 0 Å². The Hall–Kier alpha value is -6.87. The van der Waals surface area contributed by atoms with Crippen molar-refractivity contribution in [2.45, 2.75) is 229 Å². The molecule has 0 radical (unpaired) electrons. The van der Waals surface area contributed by atoms with Crippen molar-refractivity contribution in [3.8, 4) is 6.07 Å². The second-order valence-corrected chi connectivity index (χ2v) is 26.6. The summed E-state index contributed by atoms with van der Waals surface area (Å²) >= 11 is 0. The van der Waals surface area contributed by atoms with Crippen molar-refractivity contribution in [1.82, 2.24) is 55.6 Å². The maximum Gasteiger partial charge on any atom is 0.303 e. The molecule has 1 aliphatic heterocycles. The largest absolute Gasteiger partial charge is 0.459 e. The Morgan fingerprint density at radius 3 is 1.36 bits per heavy atom. The quantitative estimate of drug-likeness (QED) is 0.162. The summed E-state index contributed by atoms with van der Waals surface area (Å²) in [5.74, 6) is -11.2. The lowest BCUT2D eigenvalue weighted by Gasteiger charge is -2.42. The molecule has 1 rings (SSSR count). The van der Waals surface area contributed by atoms with E-state index in [1.165, 1.54) is 87.7 Å². The van der Waals surface area contributed by atoms with Crippen LogP contribution in [0.25, 0.3) is 0 Å². The molecule has 0 aliphatic carbocycles. The van der Waals surface area contributed by atoms with Gasteiger partial charge < -0.3 is 60.3 Å². The highest BCUT2D eigenvalue weighted by molar-refractivity contribution is 5.99. The molecule has 1 aliphatic rings. The lowest BCUT2D eigenvalue weighted by Crippen LogP contribution is -2.64. The Bertz CT molecular complexity index is 2480. The zero-order valence-electron chi connectivity index (χ0n) is 57.4.